The summed E-state index contributed by atoms with van der Waals surface area (Å²) in [7, 11) is 0. The number of piperidine rings is 1. The number of aliphatic hydroxyl groups is 1. The molecule has 23 heavy (non-hydrogen) atoms. The summed E-state index contributed by atoms with van der Waals surface area (Å²) in [6, 6.07) is 16.3. The Morgan fingerprint density at radius 1 is 1.00 bits per heavy atom. The molecule has 1 atom stereocenters. The molecule has 1 unspecified atom stereocenters. The monoisotopic (exact) mass is 311 g/mol. The van der Waals surface area contributed by atoms with Crippen molar-refractivity contribution in [2.75, 3.05) is 13.1 Å². The number of likely N-dealkylation sites (tertiary alicyclic amines) is 1. The molecule has 4 heteroatoms. The number of rotatable bonds is 3. The van der Waals surface area contributed by atoms with Crippen molar-refractivity contribution in [2.24, 2.45) is 5.92 Å². The number of aliphatic hydroxyl groups excluding tert-OH is 1. The van der Waals surface area contributed by atoms with Crippen LogP contribution >= 0.6 is 0 Å². The number of benzene rings is 2. The Labute approximate surface area is 136 Å². The quantitative estimate of drug-likeness (QED) is 0.916. The number of hydrogen-bond donors (Lipinski definition) is 2. The molecule has 4 nitrogen and oxygen atoms in total. The van der Waals surface area contributed by atoms with Crippen LogP contribution < -0.4 is 0 Å². The number of phenolic OH excluding ortho intramolecular Hbond substituents is 1. The van der Waals surface area contributed by atoms with Gasteiger partial charge in [0.2, 0.25) is 0 Å². The highest BCUT2D eigenvalue weighted by Gasteiger charge is 2.29. The van der Waals surface area contributed by atoms with E-state index in [1.54, 1.807) is 23.1 Å². The van der Waals surface area contributed by atoms with Crippen molar-refractivity contribution in [3.05, 3.63) is 65.7 Å². The van der Waals surface area contributed by atoms with E-state index in [-0.39, 0.29) is 17.6 Å². The summed E-state index contributed by atoms with van der Waals surface area (Å²) < 4.78 is 0. The minimum Gasteiger partial charge on any atom is -0.507 e. The summed E-state index contributed by atoms with van der Waals surface area (Å²) in [5, 5.41) is 20.3. The van der Waals surface area contributed by atoms with Gasteiger partial charge in [0, 0.05) is 13.1 Å². The molecule has 2 aromatic carbocycles. The van der Waals surface area contributed by atoms with Gasteiger partial charge in [0.15, 0.2) is 0 Å². The average molecular weight is 311 g/mol. The second-order valence-electron chi connectivity index (χ2n) is 6.00. The Kier molecular flexibility index (Phi) is 4.63. The first-order valence-electron chi connectivity index (χ1n) is 7.97. The lowest BCUT2D eigenvalue weighted by molar-refractivity contribution is 0.0460. The topological polar surface area (TPSA) is 60.8 Å². The Morgan fingerprint density at radius 2 is 1.61 bits per heavy atom. The summed E-state index contributed by atoms with van der Waals surface area (Å²) in [4.78, 5) is 14.2. The molecule has 1 saturated heterocycles. The third-order valence-electron chi connectivity index (χ3n) is 4.55. The van der Waals surface area contributed by atoms with Gasteiger partial charge in [-0.3, -0.25) is 4.79 Å². The van der Waals surface area contributed by atoms with Gasteiger partial charge in [-0.15, -0.1) is 0 Å². The molecule has 0 aromatic heterocycles. The fraction of sp³-hybridized carbons (Fsp3) is 0.316. The van der Waals surface area contributed by atoms with Crippen molar-refractivity contribution < 1.29 is 15.0 Å². The van der Waals surface area contributed by atoms with Crippen LogP contribution in [0, 0.1) is 5.92 Å². The zero-order valence-corrected chi connectivity index (χ0v) is 12.9. The number of para-hydroxylation sites is 1. The van der Waals surface area contributed by atoms with E-state index in [0.717, 1.165) is 18.4 Å². The lowest BCUT2D eigenvalue weighted by atomic mass is 9.87. The number of carbonyl (C=O) groups is 1. The first-order valence-corrected chi connectivity index (χ1v) is 7.97. The molecular weight excluding hydrogens is 290 g/mol. The first kappa shape index (κ1) is 15.6. The van der Waals surface area contributed by atoms with E-state index in [1.807, 2.05) is 30.3 Å². The molecule has 1 aliphatic rings. The van der Waals surface area contributed by atoms with E-state index in [0.29, 0.717) is 18.7 Å². The fourth-order valence-electron chi connectivity index (χ4n) is 3.17. The van der Waals surface area contributed by atoms with Crippen molar-refractivity contribution in [1.82, 2.24) is 4.90 Å². The molecule has 0 spiro atoms. The Hall–Kier alpha value is -2.33. The van der Waals surface area contributed by atoms with Gasteiger partial charge in [-0.25, -0.2) is 0 Å². The predicted octanol–water partition coefficient (Wildman–Crippen LogP) is 2.98. The number of amides is 1. The van der Waals surface area contributed by atoms with Crippen molar-refractivity contribution >= 4 is 5.91 Å². The highest BCUT2D eigenvalue weighted by molar-refractivity contribution is 5.96. The predicted molar refractivity (Wildman–Crippen MR) is 88.1 cm³/mol. The largest absolute Gasteiger partial charge is 0.507 e. The molecule has 0 aliphatic carbocycles. The third kappa shape index (κ3) is 3.37. The van der Waals surface area contributed by atoms with Gasteiger partial charge in [-0.1, -0.05) is 42.5 Å². The van der Waals surface area contributed by atoms with E-state index in [2.05, 4.69) is 0 Å². The van der Waals surface area contributed by atoms with Crippen LogP contribution in [0.15, 0.2) is 54.6 Å². The first-order chi connectivity index (χ1) is 11.2. The van der Waals surface area contributed by atoms with Crippen molar-refractivity contribution in [2.45, 2.75) is 18.9 Å². The SMILES string of the molecule is O=C(c1ccccc1O)N1CCC(C(O)c2ccccc2)CC1. The molecule has 0 radical (unpaired) electrons. The van der Waals surface area contributed by atoms with E-state index in [9.17, 15) is 15.0 Å². The van der Waals surface area contributed by atoms with Gasteiger partial charge >= 0.3 is 0 Å². The lowest BCUT2D eigenvalue weighted by Crippen LogP contribution is -2.39. The second-order valence-corrected chi connectivity index (χ2v) is 6.00. The standard InChI is InChI=1S/C19H21NO3/c21-17-9-5-4-8-16(17)19(23)20-12-10-15(11-13-20)18(22)14-6-2-1-3-7-14/h1-9,15,18,21-22H,10-13H2. The number of carbonyl (C=O) groups excluding carboxylic acids is 1. The summed E-state index contributed by atoms with van der Waals surface area (Å²) in [6.07, 6.45) is 1.03. The minimum atomic E-state index is -0.487. The van der Waals surface area contributed by atoms with E-state index in [1.165, 1.54) is 6.07 Å². The minimum absolute atomic E-state index is 0.0175. The highest BCUT2D eigenvalue weighted by Crippen LogP contribution is 2.31. The van der Waals surface area contributed by atoms with Crippen LogP contribution in [-0.2, 0) is 0 Å². The number of hydrogen-bond acceptors (Lipinski definition) is 3. The second kappa shape index (κ2) is 6.84. The Balaban J connectivity index is 1.62. The summed E-state index contributed by atoms with van der Waals surface area (Å²) in [5.74, 6) is 0.0329. The van der Waals surface area contributed by atoms with Gasteiger partial charge in [0.25, 0.3) is 5.91 Å². The zero-order chi connectivity index (χ0) is 16.2. The van der Waals surface area contributed by atoms with Crippen LogP contribution in [0.25, 0.3) is 0 Å². The molecule has 2 N–H and O–H groups in total. The summed E-state index contributed by atoms with van der Waals surface area (Å²) >= 11 is 0. The molecular formula is C19H21NO3. The maximum atomic E-state index is 12.5. The highest BCUT2D eigenvalue weighted by atomic mass is 16.3. The van der Waals surface area contributed by atoms with Gasteiger partial charge in [-0.2, -0.15) is 0 Å². The Bertz CT molecular complexity index is 663. The van der Waals surface area contributed by atoms with E-state index < -0.39 is 6.10 Å². The third-order valence-corrected chi connectivity index (χ3v) is 4.55. The molecule has 3 rings (SSSR count). The molecule has 0 bridgehead atoms. The molecule has 2 aromatic rings. The van der Waals surface area contributed by atoms with Crippen LogP contribution in [0.2, 0.25) is 0 Å². The van der Waals surface area contributed by atoms with Crippen LogP contribution in [0.3, 0.4) is 0 Å². The normalized spacial score (nSPS) is 17.0. The average Bonchev–Trinajstić information content (AvgIpc) is 2.62. The molecule has 1 amide bonds. The van der Waals surface area contributed by atoms with Gasteiger partial charge < -0.3 is 15.1 Å². The molecule has 1 fully saturated rings. The Morgan fingerprint density at radius 3 is 2.26 bits per heavy atom. The summed E-state index contributed by atoms with van der Waals surface area (Å²) in [5.41, 5.74) is 1.27. The number of nitrogens with zero attached hydrogens (tertiary/aromatic N) is 1. The van der Waals surface area contributed by atoms with E-state index in [4.69, 9.17) is 0 Å². The van der Waals surface area contributed by atoms with Crippen LogP contribution in [0.5, 0.6) is 5.75 Å². The van der Waals surface area contributed by atoms with Crippen molar-refractivity contribution in [1.29, 1.82) is 0 Å². The number of aromatic hydroxyl groups is 1. The lowest BCUT2D eigenvalue weighted by Gasteiger charge is -2.34. The number of phenols is 1. The zero-order valence-electron chi connectivity index (χ0n) is 12.9. The van der Waals surface area contributed by atoms with Crippen LogP contribution in [0.1, 0.15) is 34.9 Å². The van der Waals surface area contributed by atoms with Crippen LogP contribution in [0.4, 0.5) is 0 Å². The van der Waals surface area contributed by atoms with Crippen molar-refractivity contribution in [3.8, 4) is 5.75 Å². The van der Waals surface area contributed by atoms with Gasteiger partial charge in [-0.05, 0) is 36.5 Å². The van der Waals surface area contributed by atoms with Crippen LogP contribution in [-0.4, -0.2) is 34.1 Å². The van der Waals surface area contributed by atoms with E-state index >= 15 is 0 Å². The van der Waals surface area contributed by atoms with Gasteiger partial charge in [0.1, 0.15) is 5.75 Å². The smallest absolute Gasteiger partial charge is 0.257 e. The molecule has 1 aliphatic heterocycles. The maximum absolute atomic E-state index is 12.5. The molecule has 120 valence electrons. The summed E-state index contributed by atoms with van der Waals surface area (Å²) in [6.45, 7) is 1.20. The van der Waals surface area contributed by atoms with Crippen molar-refractivity contribution in [3.63, 3.8) is 0 Å². The molecule has 0 saturated carbocycles. The fourth-order valence-corrected chi connectivity index (χ4v) is 3.17. The van der Waals surface area contributed by atoms with Gasteiger partial charge in [0.05, 0.1) is 11.7 Å². The molecule has 1 heterocycles. The maximum Gasteiger partial charge on any atom is 0.257 e.